The Morgan fingerprint density at radius 3 is 2.64 bits per heavy atom. The fourth-order valence-electron chi connectivity index (χ4n) is 2.41. The van der Waals surface area contributed by atoms with Crippen LogP contribution in [-0.2, 0) is 6.54 Å². The molecule has 0 aliphatic heterocycles. The Balaban J connectivity index is 1.59. The van der Waals surface area contributed by atoms with Gasteiger partial charge in [0.1, 0.15) is 0 Å². The van der Waals surface area contributed by atoms with Crippen molar-refractivity contribution in [1.29, 1.82) is 0 Å². The zero-order valence-electron chi connectivity index (χ0n) is 13.3. The van der Waals surface area contributed by atoms with Crippen LogP contribution in [0, 0.1) is 0 Å². The first-order chi connectivity index (χ1) is 10.7. The number of nitrogens with zero attached hydrogens (tertiary/aromatic N) is 3. The lowest BCUT2D eigenvalue weighted by Crippen LogP contribution is -2.25. The van der Waals surface area contributed by atoms with Crippen LogP contribution in [0.25, 0.3) is 6.08 Å². The molecule has 1 fully saturated rings. The van der Waals surface area contributed by atoms with Gasteiger partial charge in [-0.3, -0.25) is 4.90 Å². The minimum absolute atomic E-state index is 0.286. The smallest absolute Gasteiger partial charge is 0.230 e. The van der Waals surface area contributed by atoms with Gasteiger partial charge in [-0.15, -0.1) is 10.2 Å². The molecule has 1 aromatic heterocycles. The zero-order chi connectivity index (χ0) is 15.4. The first kappa shape index (κ1) is 15.0. The van der Waals surface area contributed by atoms with Crippen LogP contribution in [0.1, 0.15) is 50.0 Å². The molecule has 1 aromatic carbocycles. The molecule has 0 amide bonds. The number of aromatic nitrogens is 2. The van der Waals surface area contributed by atoms with Crippen LogP contribution in [0.3, 0.4) is 0 Å². The maximum absolute atomic E-state index is 5.73. The molecule has 0 spiro atoms. The third kappa shape index (κ3) is 4.04. The van der Waals surface area contributed by atoms with E-state index in [1.54, 1.807) is 0 Å². The minimum Gasteiger partial charge on any atom is -0.424 e. The van der Waals surface area contributed by atoms with Crippen LogP contribution in [-0.4, -0.2) is 27.7 Å². The Kier molecular flexibility index (Phi) is 4.68. The molecule has 0 saturated heterocycles. The van der Waals surface area contributed by atoms with Gasteiger partial charge >= 0.3 is 0 Å². The predicted molar refractivity (Wildman–Crippen MR) is 87.3 cm³/mol. The van der Waals surface area contributed by atoms with Crippen molar-refractivity contribution >= 4 is 6.08 Å². The number of benzene rings is 1. The van der Waals surface area contributed by atoms with Gasteiger partial charge in [0.25, 0.3) is 0 Å². The van der Waals surface area contributed by atoms with E-state index in [-0.39, 0.29) is 5.92 Å². The van der Waals surface area contributed by atoms with E-state index in [1.807, 2.05) is 6.07 Å². The average Bonchev–Trinajstić information content (AvgIpc) is 3.26. The van der Waals surface area contributed by atoms with E-state index >= 15 is 0 Å². The zero-order valence-corrected chi connectivity index (χ0v) is 13.3. The van der Waals surface area contributed by atoms with E-state index in [2.05, 4.69) is 65.4 Å². The van der Waals surface area contributed by atoms with Crippen molar-refractivity contribution in [2.45, 2.75) is 45.2 Å². The van der Waals surface area contributed by atoms with E-state index in [0.29, 0.717) is 6.04 Å². The molecule has 1 aliphatic carbocycles. The Hall–Kier alpha value is -1.94. The molecule has 0 bridgehead atoms. The molecule has 1 heterocycles. The molecule has 22 heavy (non-hydrogen) atoms. The molecule has 0 unspecified atom stereocenters. The number of hydrogen-bond acceptors (Lipinski definition) is 4. The van der Waals surface area contributed by atoms with Crippen LogP contribution in [0.5, 0.6) is 0 Å². The topological polar surface area (TPSA) is 42.2 Å². The normalized spacial score (nSPS) is 15.3. The van der Waals surface area contributed by atoms with E-state index in [4.69, 9.17) is 4.42 Å². The van der Waals surface area contributed by atoms with Crippen LogP contribution in [0.4, 0.5) is 0 Å². The summed E-state index contributed by atoms with van der Waals surface area (Å²) in [6.45, 7) is 5.79. The van der Waals surface area contributed by atoms with Gasteiger partial charge in [-0.05, 0) is 18.4 Å². The first-order valence-corrected chi connectivity index (χ1v) is 8.00. The van der Waals surface area contributed by atoms with Crippen molar-refractivity contribution in [3.63, 3.8) is 0 Å². The summed E-state index contributed by atoms with van der Waals surface area (Å²) in [5.41, 5.74) is 1.23. The van der Waals surface area contributed by atoms with E-state index in [1.165, 1.54) is 18.4 Å². The second-order valence-electron chi connectivity index (χ2n) is 6.16. The van der Waals surface area contributed by atoms with E-state index < -0.39 is 0 Å². The summed E-state index contributed by atoms with van der Waals surface area (Å²) < 4.78 is 5.73. The van der Waals surface area contributed by atoms with Crippen molar-refractivity contribution in [3.05, 3.63) is 53.8 Å². The minimum atomic E-state index is 0.286. The second-order valence-corrected chi connectivity index (χ2v) is 6.16. The van der Waals surface area contributed by atoms with E-state index in [0.717, 1.165) is 24.9 Å². The Labute approximate surface area is 131 Å². The quantitative estimate of drug-likeness (QED) is 0.778. The molecular formula is C18H23N3O. The summed E-state index contributed by atoms with van der Waals surface area (Å²) in [5, 5.41) is 8.29. The molecule has 0 atom stereocenters. The van der Waals surface area contributed by atoms with Crippen LogP contribution < -0.4 is 0 Å². The molecule has 1 saturated carbocycles. The van der Waals surface area contributed by atoms with Gasteiger partial charge < -0.3 is 4.42 Å². The molecule has 3 rings (SSSR count). The SMILES string of the molecule is CC(C)c1nnc(CN(CC=Cc2ccccc2)C2CC2)o1. The average molecular weight is 297 g/mol. The maximum Gasteiger partial charge on any atom is 0.230 e. The highest BCUT2D eigenvalue weighted by Crippen LogP contribution is 2.28. The van der Waals surface area contributed by atoms with Crippen molar-refractivity contribution in [3.8, 4) is 0 Å². The van der Waals surface area contributed by atoms with Gasteiger partial charge in [0.15, 0.2) is 0 Å². The predicted octanol–water partition coefficient (Wildman–Crippen LogP) is 3.87. The largest absolute Gasteiger partial charge is 0.424 e. The van der Waals surface area contributed by atoms with Crippen LogP contribution in [0.15, 0.2) is 40.8 Å². The van der Waals surface area contributed by atoms with Crippen molar-refractivity contribution in [2.24, 2.45) is 0 Å². The molecule has 0 radical (unpaired) electrons. The first-order valence-electron chi connectivity index (χ1n) is 8.00. The summed E-state index contributed by atoms with van der Waals surface area (Å²) >= 11 is 0. The van der Waals surface area contributed by atoms with E-state index in [9.17, 15) is 0 Å². The number of rotatable bonds is 7. The van der Waals surface area contributed by atoms with Crippen molar-refractivity contribution < 1.29 is 4.42 Å². The number of hydrogen-bond donors (Lipinski definition) is 0. The fourth-order valence-corrected chi connectivity index (χ4v) is 2.41. The lowest BCUT2D eigenvalue weighted by atomic mass is 10.2. The van der Waals surface area contributed by atoms with Crippen molar-refractivity contribution in [2.75, 3.05) is 6.54 Å². The Bertz CT molecular complexity index is 614. The molecule has 1 aliphatic rings. The lowest BCUT2D eigenvalue weighted by molar-refractivity contribution is 0.249. The molecule has 2 aromatic rings. The second kappa shape index (κ2) is 6.88. The van der Waals surface area contributed by atoms with Crippen LogP contribution in [0.2, 0.25) is 0 Å². The summed E-state index contributed by atoms with van der Waals surface area (Å²) in [6, 6.07) is 11.1. The van der Waals surface area contributed by atoms with Gasteiger partial charge in [-0.2, -0.15) is 0 Å². The highest BCUT2D eigenvalue weighted by atomic mass is 16.4. The van der Waals surface area contributed by atoms with Gasteiger partial charge in [-0.1, -0.05) is 56.3 Å². The summed E-state index contributed by atoms with van der Waals surface area (Å²) in [5.74, 6) is 1.74. The Morgan fingerprint density at radius 1 is 1.23 bits per heavy atom. The fraction of sp³-hybridized carbons (Fsp3) is 0.444. The molecule has 4 nitrogen and oxygen atoms in total. The lowest BCUT2D eigenvalue weighted by Gasteiger charge is -2.17. The third-order valence-electron chi connectivity index (χ3n) is 3.83. The Morgan fingerprint density at radius 2 is 2.00 bits per heavy atom. The van der Waals surface area contributed by atoms with Gasteiger partial charge in [0, 0.05) is 18.5 Å². The maximum atomic E-state index is 5.73. The van der Waals surface area contributed by atoms with Gasteiger partial charge in [0.2, 0.25) is 11.8 Å². The highest BCUT2D eigenvalue weighted by molar-refractivity contribution is 5.48. The molecular weight excluding hydrogens is 274 g/mol. The summed E-state index contributed by atoms with van der Waals surface area (Å²) in [4.78, 5) is 2.41. The highest BCUT2D eigenvalue weighted by Gasteiger charge is 2.29. The third-order valence-corrected chi connectivity index (χ3v) is 3.83. The van der Waals surface area contributed by atoms with Crippen molar-refractivity contribution in [1.82, 2.24) is 15.1 Å². The summed E-state index contributed by atoms with van der Waals surface area (Å²) in [7, 11) is 0. The van der Waals surface area contributed by atoms with Crippen LogP contribution >= 0.6 is 0 Å². The molecule has 0 N–H and O–H groups in total. The summed E-state index contributed by atoms with van der Waals surface area (Å²) in [6.07, 6.45) is 6.92. The molecule has 4 heteroatoms. The standard InChI is InChI=1S/C18H23N3O/c1-14(2)18-20-19-17(22-18)13-21(16-10-11-16)12-6-9-15-7-4-3-5-8-15/h3-9,14,16H,10-13H2,1-2H3. The molecule has 116 valence electrons. The van der Waals surface area contributed by atoms with Gasteiger partial charge in [-0.25, -0.2) is 0 Å². The van der Waals surface area contributed by atoms with Gasteiger partial charge in [0.05, 0.1) is 6.54 Å². The monoisotopic (exact) mass is 297 g/mol.